The van der Waals surface area contributed by atoms with Crippen LogP contribution in [-0.4, -0.2) is 22.7 Å². The second kappa shape index (κ2) is 6.02. The van der Waals surface area contributed by atoms with Crippen LogP contribution < -0.4 is 0 Å². The van der Waals surface area contributed by atoms with Crippen molar-refractivity contribution in [1.29, 1.82) is 0 Å². The van der Waals surface area contributed by atoms with E-state index >= 15 is 0 Å². The number of carbonyl (C=O) groups excluding carboxylic acids is 1. The molecule has 0 aromatic carbocycles. The van der Waals surface area contributed by atoms with E-state index in [-0.39, 0.29) is 5.91 Å². The molecule has 0 atom stereocenters. The van der Waals surface area contributed by atoms with Gasteiger partial charge in [-0.3, -0.25) is 10.0 Å². The number of rotatable bonds is 4. The van der Waals surface area contributed by atoms with Gasteiger partial charge in [-0.25, -0.2) is 5.06 Å². The molecule has 1 amide bonds. The van der Waals surface area contributed by atoms with Crippen LogP contribution in [-0.2, 0) is 4.79 Å². The summed E-state index contributed by atoms with van der Waals surface area (Å²) in [5, 5.41) is 10.2. The molecule has 1 saturated carbocycles. The number of amides is 1. The lowest BCUT2D eigenvalue weighted by atomic mass is 9.87. The molecular weight excluding hydrogens is 178 g/mol. The highest BCUT2D eigenvalue weighted by Crippen LogP contribution is 2.26. The summed E-state index contributed by atoms with van der Waals surface area (Å²) < 4.78 is 0. The summed E-state index contributed by atoms with van der Waals surface area (Å²) in [4.78, 5) is 11.5. The molecule has 0 heterocycles. The molecule has 0 unspecified atom stereocenters. The average Bonchev–Trinajstić information content (AvgIpc) is 2.19. The zero-order chi connectivity index (χ0) is 10.4. The van der Waals surface area contributed by atoms with E-state index in [1.54, 1.807) is 0 Å². The molecule has 3 heteroatoms. The molecule has 1 aliphatic carbocycles. The predicted octanol–water partition coefficient (Wildman–Crippen LogP) is 2.58. The second-order valence-electron chi connectivity index (χ2n) is 4.23. The smallest absolute Gasteiger partial charge is 0.246 e. The van der Waals surface area contributed by atoms with Gasteiger partial charge in [0, 0.05) is 13.0 Å². The monoisotopic (exact) mass is 199 g/mol. The standard InChI is InChI=1S/C11H21NO2/c1-2-8-12(14)11(13)9-10-6-4-3-5-7-10/h10,14H,2-9H2,1H3. The topological polar surface area (TPSA) is 40.5 Å². The van der Waals surface area contributed by atoms with Crippen molar-refractivity contribution in [2.75, 3.05) is 6.54 Å². The Bertz CT molecular complexity index is 176. The van der Waals surface area contributed by atoms with Crippen LogP contribution >= 0.6 is 0 Å². The van der Waals surface area contributed by atoms with Crippen LogP contribution in [0.1, 0.15) is 51.9 Å². The summed E-state index contributed by atoms with van der Waals surface area (Å²) in [6.45, 7) is 2.42. The van der Waals surface area contributed by atoms with E-state index in [0.717, 1.165) is 24.3 Å². The Morgan fingerprint density at radius 1 is 1.36 bits per heavy atom. The molecule has 0 bridgehead atoms. The SMILES string of the molecule is CCCN(O)C(=O)CC1CCCCC1. The van der Waals surface area contributed by atoms with E-state index in [1.165, 1.54) is 19.3 Å². The van der Waals surface area contributed by atoms with Crippen molar-refractivity contribution < 1.29 is 10.0 Å². The quantitative estimate of drug-likeness (QED) is 0.558. The van der Waals surface area contributed by atoms with Gasteiger partial charge in [0.05, 0.1) is 0 Å². The normalized spacial score (nSPS) is 18.1. The van der Waals surface area contributed by atoms with E-state index < -0.39 is 0 Å². The van der Waals surface area contributed by atoms with E-state index in [1.807, 2.05) is 6.92 Å². The summed E-state index contributed by atoms with van der Waals surface area (Å²) >= 11 is 0. The number of hydrogen-bond donors (Lipinski definition) is 1. The third-order valence-electron chi connectivity index (χ3n) is 2.91. The van der Waals surface area contributed by atoms with Gasteiger partial charge in [0.1, 0.15) is 0 Å². The second-order valence-corrected chi connectivity index (χ2v) is 4.23. The minimum Gasteiger partial charge on any atom is -0.286 e. The van der Waals surface area contributed by atoms with Crippen LogP contribution in [0.15, 0.2) is 0 Å². The highest BCUT2D eigenvalue weighted by molar-refractivity contribution is 5.75. The molecule has 0 spiro atoms. The summed E-state index contributed by atoms with van der Waals surface area (Å²) in [5.74, 6) is 0.418. The van der Waals surface area contributed by atoms with Crippen LogP contribution in [0.25, 0.3) is 0 Å². The molecule has 3 nitrogen and oxygen atoms in total. The number of hydrogen-bond acceptors (Lipinski definition) is 2. The molecule has 1 N–H and O–H groups in total. The Morgan fingerprint density at radius 3 is 2.57 bits per heavy atom. The molecule has 0 radical (unpaired) electrons. The fraction of sp³-hybridized carbons (Fsp3) is 0.909. The highest BCUT2D eigenvalue weighted by Gasteiger charge is 2.19. The Balaban J connectivity index is 2.24. The van der Waals surface area contributed by atoms with Gasteiger partial charge in [0.25, 0.3) is 0 Å². The lowest BCUT2D eigenvalue weighted by Crippen LogP contribution is -2.30. The first-order valence-electron chi connectivity index (χ1n) is 5.73. The predicted molar refractivity (Wildman–Crippen MR) is 55.0 cm³/mol. The molecule has 0 aliphatic heterocycles. The van der Waals surface area contributed by atoms with Gasteiger partial charge in [-0.05, 0) is 25.2 Å². The third kappa shape index (κ3) is 3.66. The van der Waals surface area contributed by atoms with Gasteiger partial charge in [0.15, 0.2) is 0 Å². The molecule has 14 heavy (non-hydrogen) atoms. The highest BCUT2D eigenvalue weighted by atomic mass is 16.5. The molecule has 1 aliphatic rings. The van der Waals surface area contributed by atoms with Crippen LogP contribution in [0.5, 0.6) is 0 Å². The van der Waals surface area contributed by atoms with E-state index in [2.05, 4.69) is 0 Å². The van der Waals surface area contributed by atoms with E-state index in [0.29, 0.717) is 18.9 Å². The number of hydroxylamine groups is 2. The third-order valence-corrected chi connectivity index (χ3v) is 2.91. The van der Waals surface area contributed by atoms with Crippen molar-refractivity contribution in [2.45, 2.75) is 51.9 Å². The van der Waals surface area contributed by atoms with Crippen LogP contribution in [0, 0.1) is 5.92 Å². The van der Waals surface area contributed by atoms with Crippen molar-refractivity contribution in [2.24, 2.45) is 5.92 Å². The molecule has 1 fully saturated rings. The summed E-state index contributed by atoms with van der Waals surface area (Å²) in [7, 11) is 0. The minimum atomic E-state index is -0.0984. The van der Waals surface area contributed by atoms with Crippen molar-refractivity contribution in [1.82, 2.24) is 5.06 Å². The average molecular weight is 199 g/mol. The first-order chi connectivity index (χ1) is 6.74. The Morgan fingerprint density at radius 2 is 2.00 bits per heavy atom. The first-order valence-corrected chi connectivity index (χ1v) is 5.73. The fourth-order valence-corrected chi connectivity index (χ4v) is 2.08. The molecule has 82 valence electrons. The van der Waals surface area contributed by atoms with Crippen molar-refractivity contribution in [3.8, 4) is 0 Å². The Hall–Kier alpha value is -0.570. The summed E-state index contributed by atoms with van der Waals surface area (Å²) in [6.07, 6.45) is 7.47. The summed E-state index contributed by atoms with van der Waals surface area (Å²) in [6, 6.07) is 0. The molecular formula is C11H21NO2. The number of nitrogens with zero attached hydrogens (tertiary/aromatic N) is 1. The molecule has 0 aromatic rings. The zero-order valence-corrected chi connectivity index (χ0v) is 9.04. The maximum atomic E-state index is 11.5. The maximum Gasteiger partial charge on any atom is 0.246 e. The zero-order valence-electron chi connectivity index (χ0n) is 9.04. The van der Waals surface area contributed by atoms with Crippen LogP contribution in [0.2, 0.25) is 0 Å². The van der Waals surface area contributed by atoms with Gasteiger partial charge in [-0.1, -0.05) is 26.2 Å². The van der Waals surface area contributed by atoms with Gasteiger partial charge in [-0.15, -0.1) is 0 Å². The van der Waals surface area contributed by atoms with Crippen LogP contribution in [0.3, 0.4) is 0 Å². The summed E-state index contributed by atoms with van der Waals surface area (Å²) in [5.41, 5.74) is 0. The van der Waals surface area contributed by atoms with E-state index in [4.69, 9.17) is 0 Å². The van der Waals surface area contributed by atoms with Gasteiger partial charge >= 0.3 is 0 Å². The fourth-order valence-electron chi connectivity index (χ4n) is 2.08. The largest absolute Gasteiger partial charge is 0.286 e. The van der Waals surface area contributed by atoms with Gasteiger partial charge < -0.3 is 0 Å². The lowest BCUT2D eigenvalue weighted by molar-refractivity contribution is -0.166. The Labute approximate surface area is 86.1 Å². The maximum absolute atomic E-state index is 11.5. The number of carbonyl (C=O) groups is 1. The van der Waals surface area contributed by atoms with Crippen molar-refractivity contribution in [3.63, 3.8) is 0 Å². The van der Waals surface area contributed by atoms with Gasteiger partial charge in [-0.2, -0.15) is 0 Å². The lowest BCUT2D eigenvalue weighted by Gasteiger charge is -2.22. The van der Waals surface area contributed by atoms with Crippen molar-refractivity contribution >= 4 is 5.91 Å². The van der Waals surface area contributed by atoms with Crippen LogP contribution in [0.4, 0.5) is 0 Å². The van der Waals surface area contributed by atoms with E-state index in [9.17, 15) is 10.0 Å². The molecule has 0 aromatic heterocycles. The Kier molecular flexibility index (Phi) is 4.94. The minimum absolute atomic E-state index is 0.0984. The first kappa shape index (κ1) is 11.5. The molecule has 0 saturated heterocycles. The van der Waals surface area contributed by atoms with Gasteiger partial charge in [0.2, 0.25) is 5.91 Å². The van der Waals surface area contributed by atoms with Crippen molar-refractivity contribution in [3.05, 3.63) is 0 Å². The molecule has 1 rings (SSSR count).